The van der Waals surface area contributed by atoms with Gasteiger partial charge in [0.1, 0.15) is 5.52 Å². The van der Waals surface area contributed by atoms with E-state index in [9.17, 15) is 9.59 Å². The first-order valence-corrected chi connectivity index (χ1v) is 5.28. The van der Waals surface area contributed by atoms with E-state index in [1.54, 1.807) is 31.6 Å². The number of rotatable bonds is 0. The van der Waals surface area contributed by atoms with Crippen molar-refractivity contribution in [3.63, 3.8) is 0 Å². The number of hydrogen-bond donors (Lipinski definition) is 0. The van der Waals surface area contributed by atoms with E-state index in [0.29, 0.717) is 5.52 Å². The molecule has 2 heterocycles. The fraction of sp³-hybridized carbons (Fsp3) is 0.333. The molecule has 0 saturated heterocycles. The summed E-state index contributed by atoms with van der Waals surface area (Å²) in [6.45, 7) is 4.25. The highest BCUT2D eigenvalue weighted by Gasteiger charge is 1.99. The summed E-state index contributed by atoms with van der Waals surface area (Å²) >= 11 is 0. The third kappa shape index (κ3) is 2.39. The molecule has 0 saturated carbocycles. The predicted molar refractivity (Wildman–Crippen MR) is 64.9 cm³/mol. The molecular weight excluding hydrogens is 204 g/mol. The van der Waals surface area contributed by atoms with Crippen molar-refractivity contribution in [3.05, 3.63) is 51.3 Å². The fourth-order valence-corrected chi connectivity index (χ4v) is 1.24. The highest BCUT2D eigenvalue weighted by Crippen LogP contribution is 1.90. The van der Waals surface area contributed by atoms with Crippen LogP contribution in [0, 0.1) is 0 Å². The van der Waals surface area contributed by atoms with Gasteiger partial charge in [-0.25, -0.2) is 0 Å². The lowest BCUT2D eigenvalue weighted by molar-refractivity contribution is 0.838. The van der Waals surface area contributed by atoms with E-state index in [1.165, 1.54) is 21.5 Å². The first-order valence-electron chi connectivity index (χ1n) is 5.28. The van der Waals surface area contributed by atoms with Crippen molar-refractivity contribution in [2.45, 2.75) is 20.3 Å². The van der Waals surface area contributed by atoms with E-state index in [-0.39, 0.29) is 11.1 Å². The van der Waals surface area contributed by atoms with Gasteiger partial charge in [-0.3, -0.25) is 14.0 Å². The van der Waals surface area contributed by atoms with Gasteiger partial charge < -0.3 is 4.57 Å². The molecule has 0 N–H and O–H groups in total. The zero-order valence-corrected chi connectivity index (χ0v) is 9.80. The second-order valence-corrected chi connectivity index (χ2v) is 3.54. The van der Waals surface area contributed by atoms with Crippen LogP contribution in [-0.4, -0.2) is 8.97 Å². The Balaban J connectivity index is 0.000000386. The maximum Gasteiger partial charge on any atom is 0.274 e. The molecule has 4 nitrogen and oxygen atoms in total. The standard InChI is InChI=1S/C9H8N2O2.C3H8/c1-10-5-6-11-7(9(10)13)3-2-4-8(11)12;1-3-2/h2-6H,1H3;3H2,1-2H3. The third-order valence-corrected chi connectivity index (χ3v) is 1.97. The second kappa shape index (κ2) is 5.30. The summed E-state index contributed by atoms with van der Waals surface area (Å²) in [5, 5.41) is 0. The SMILES string of the molecule is CCC.Cn1ccn2c(=O)cccc2c1=O. The average molecular weight is 220 g/mol. The molecule has 0 aliphatic carbocycles. The van der Waals surface area contributed by atoms with Crippen LogP contribution >= 0.6 is 0 Å². The predicted octanol–water partition coefficient (Wildman–Crippen LogP) is 1.41. The van der Waals surface area contributed by atoms with Crippen molar-refractivity contribution >= 4 is 5.52 Å². The summed E-state index contributed by atoms with van der Waals surface area (Å²) in [5.74, 6) is 0. The van der Waals surface area contributed by atoms with Crippen molar-refractivity contribution in [2.24, 2.45) is 7.05 Å². The smallest absolute Gasteiger partial charge is 0.274 e. The van der Waals surface area contributed by atoms with Gasteiger partial charge >= 0.3 is 0 Å². The molecule has 16 heavy (non-hydrogen) atoms. The van der Waals surface area contributed by atoms with Crippen LogP contribution in [0.5, 0.6) is 0 Å². The van der Waals surface area contributed by atoms with Gasteiger partial charge in [-0.05, 0) is 6.07 Å². The first kappa shape index (κ1) is 12.2. The minimum atomic E-state index is -0.185. The van der Waals surface area contributed by atoms with Gasteiger partial charge in [0.15, 0.2) is 0 Å². The van der Waals surface area contributed by atoms with Crippen molar-refractivity contribution in [1.82, 2.24) is 8.97 Å². The Morgan fingerprint density at radius 3 is 2.38 bits per heavy atom. The van der Waals surface area contributed by atoms with E-state index in [0.717, 1.165) is 0 Å². The van der Waals surface area contributed by atoms with Gasteiger partial charge in [0.25, 0.3) is 11.1 Å². The molecule has 0 fully saturated rings. The Labute approximate surface area is 93.8 Å². The van der Waals surface area contributed by atoms with Gasteiger partial charge in [-0.2, -0.15) is 0 Å². The molecule has 0 amide bonds. The summed E-state index contributed by atoms with van der Waals surface area (Å²) in [6.07, 6.45) is 4.40. The normalized spacial score (nSPS) is 9.69. The highest BCUT2D eigenvalue weighted by atomic mass is 16.1. The Kier molecular flexibility index (Phi) is 4.05. The van der Waals surface area contributed by atoms with E-state index in [4.69, 9.17) is 0 Å². The maximum atomic E-state index is 11.5. The summed E-state index contributed by atoms with van der Waals surface area (Å²) in [5.41, 5.74) is 0.0490. The van der Waals surface area contributed by atoms with Crippen molar-refractivity contribution < 1.29 is 0 Å². The number of aromatic nitrogens is 2. The number of pyridine rings is 1. The summed E-state index contributed by atoms with van der Waals surface area (Å²) in [6, 6.07) is 4.63. The lowest BCUT2D eigenvalue weighted by Gasteiger charge is -2.00. The molecule has 2 aromatic heterocycles. The van der Waals surface area contributed by atoms with Crippen LogP contribution in [0.3, 0.4) is 0 Å². The van der Waals surface area contributed by atoms with E-state index >= 15 is 0 Å². The molecule has 0 aliphatic heterocycles. The van der Waals surface area contributed by atoms with Crippen molar-refractivity contribution in [2.75, 3.05) is 0 Å². The van der Waals surface area contributed by atoms with Crippen molar-refractivity contribution in [3.8, 4) is 0 Å². The molecule has 0 atom stereocenters. The third-order valence-electron chi connectivity index (χ3n) is 1.97. The Morgan fingerprint density at radius 2 is 1.75 bits per heavy atom. The van der Waals surface area contributed by atoms with Gasteiger partial charge in [-0.15, -0.1) is 0 Å². The quantitative estimate of drug-likeness (QED) is 0.673. The Hall–Kier alpha value is -1.84. The van der Waals surface area contributed by atoms with Crippen LogP contribution in [0.15, 0.2) is 40.2 Å². The molecule has 0 radical (unpaired) electrons. The Bertz CT molecular complexity index is 581. The van der Waals surface area contributed by atoms with E-state index in [2.05, 4.69) is 13.8 Å². The average Bonchev–Trinajstić information content (AvgIpc) is 2.25. The molecule has 0 bridgehead atoms. The van der Waals surface area contributed by atoms with Crippen LogP contribution in [0.1, 0.15) is 20.3 Å². The van der Waals surface area contributed by atoms with E-state index in [1.807, 2.05) is 0 Å². The van der Waals surface area contributed by atoms with E-state index < -0.39 is 0 Å². The maximum absolute atomic E-state index is 11.5. The molecular formula is C12H16N2O2. The molecule has 2 rings (SSSR count). The highest BCUT2D eigenvalue weighted by molar-refractivity contribution is 5.43. The number of fused-ring (bicyclic) bond motifs is 1. The minimum Gasteiger partial charge on any atom is -0.315 e. The van der Waals surface area contributed by atoms with Crippen LogP contribution < -0.4 is 11.1 Å². The lowest BCUT2D eigenvalue weighted by Crippen LogP contribution is -2.23. The molecule has 2 aromatic rings. The molecule has 86 valence electrons. The monoisotopic (exact) mass is 220 g/mol. The zero-order chi connectivity index (χ0) is 12.1. The molecule has 0 aliphatic rings. The van der Waals surface area contributed by atoms with Gasteiger partial charge in [0.2, 0.25) is 0 Å². The second-order valence-electron chi connectivity index (χ2n) is 3.54. The van der Waals surface area contributed by atoms with Crippen LogP contribution in [0.4, 0.5) is 0 Å². The van der Waals surface area contributed by atoms with Crippen LogP contribution in [-0.2, 0) is 7.05 Å². The number of aryl methyl sites for hydroxylation is 1. The van der Waals surface area contributed by atoms with Crippen molar-refractivity contribution in [1.29, 1.82) is 0 Å². The molecule has 0 aromatic carbocycles. The molecule has 4 heteroatoms. The largest absolute Gasteiger partial charge is 0.315 e. The summed E-state index contributed by atoms with van der Waals surface area (Å²) < 4.78 is 2.77. The topological polar surface area (TPSA) is 43.5 Å². The fourth-order valence-electron chi connectivity index (χ4n) is 1.24. The van der Waals surface area contributed by atoms with Gasteiger partial charge in [-0.1, -0.05) is 26.3 Å². The number of nitrogens with zero attached hydrogens (tertiary/aromatic N) is 2. The van der Waals surface area contributed by atoms with Crippen LogP contribution in [0.25, 0.3) is 5.52 Å². The Morgan fingerprint density at radius 1 is 1.12 bits per heavy atom. The van der Waals surface area contributed by atoms with Gasteiger partial charge in [0.05, 0.1) is 0 Å². The minimum absolute atomic E-state index is 0.166. The molecule has 0 spiro atoms. The van der Waals surface area contributed by atoms with Crippen LogP contribution in [0.2, 0.25) is 0 Å². The zero-order valence-electron chi connectivity index (χ0n) is 9.80. The number of hydrogen-bond acceptors (Lipinski definition) is 2. The van der Waals surface area contributed by atoms with Gasteiger partial charge in [0, 0.05) is 25.5 Å². The first-order chi connectivity index (χ1) is 7.61. The summed E-state index contributed by atoms with van der Waals surface area (Å²) in [4.78, 5) is 22.7. The summed E-state index contributed by atoms with van der Waals surface area (Å²) in [7, 11) is 1.65. The molecule has 0 unspecified atom stereocenters. The lowest BCUT2D eigenvalue weighted by atomic mass is 10.4.